The minimum absolute atomic E-state index is 0.114. The zero-order valence-corrected chi connectivity index (χ0v) is 20.1. The fraction of sp³-hybridized carbons (Fsp3) is 0.500. The van der Waals surface area contributed by atoms with E-state index < -0.39 is 51.7 Å². The predicted molar refractivity (Wildman–Crippen MR) is 122 cm³/mol. The molecule has 1 aliphatic carbocycles. The predicted octanol–water partition coefficient (Wildman–Crippen LogP) is 3.69. The molecule has 0 bridgehead atoms. The molecule has 0 spiro atoms. The Labute approximate surface area is 197 Å². The van der Waals surface area contributed by atoms with Crippen LogP contribution in [0.2, 0.25) is 0 Å². The molecule has 1 saturated carbocycles. The molecule has 1 saturated heterocycles. The van der Waals surface area contributed by atoms with Gasteiger partial charge in [-0.05, 0) is 62.4 Å². The molecular formula is C24H28F3N3O3S. The van der Waals surface area contributed by atoms with Crippen LogP contribution in [0.3, 0.4) is 0 Å². The molecule has 0 unspecified atom stereocenters. The second-order valence-electron chi connectivity index (χ2n) is 9.52. The Morgan fingerprint density at radius 1 is 1.26 bits per heavy atom. The number of halogens is 3. The van der Waals surface area contributed by atoms with Gasteiger partial charge in [-0.25, -0.2) is 26.3 Å². The van der Waals surface area contributed by atoms with E-state index in [0.717, 1.165) is 10.5 Å². The molecule has 1 amide bonds. The first-order chi connectivity index (χ1) is 15.9. The Balaban J connectivity index is 1.74. The van der Waals surface area contributed by atoms with Crippen molar-refractivity contribution < 1.29 is 26.4 Å². The molecule has 184 valence electrons. The molecule has 4 rings (SSSR count). The smallest absolute Gasteiger partial charge is 0.283 e. The Morgan fingerprint density at radius 2 is 1.97 bits per heavy atom. The van der Waals surface area contributed by atoms with Crippen molar-refractivity contribution in [2.45, 2.75) is 58.0 Å². The molecule has 1 N–H and O–H groups in total. The number of carbonyl (C=O) groups is 1. The first-order valence-corrected chi connectivity index (χ1v) is 12.9. The third-order valence-electron chi connectivity index (χ3n) is 6.78. The van der Waals surface area contributed by atoms with E-state index in [4.69, 9.17) is 0 Å². The van der Waals surface area contributed by atoms with Crippen molar-refractivity contribution in [1.29, 1.82) is 0 Å². The third-order valence-corrected chi connectivity index (χ3v) is 8.16. The van der Waals surface area contributed by atoms with Crippen molar-refractivity contribution in [3.63, 3.8) is 0 Å². The lowest BCUT2D eigenvalue weighted by Crippen LogP contribution is -2.53. The Kier molecular flexibility index (Phi) is 6.27. The summed E-state index contributed by atoms with van der Waals surface area (Å²) >= 11 is 0. The van der Waals surface area contributed by atoms with E-state index in [-0.39, 0.29) is 23.3 Å². The minimum Gasteiger partial charge on any atom is -0.331 e. The maximum atomic E-state index is 15.6. The zero-order chi connectivity index (χ0) is 24.9. The molecule has 1 aromatic carbocycles. The number of nitrogens with zero attached hydrogens (tertiary/aromatic N) is 2. The van der Waals surface area contributed by atoms with E-state index in [0.29, 0.717) is 18.5 Å². The molecular weight excluding hydrogens is 467 g/mol. The number of likely N-dealkylation sites (tertiary alicyclic amines) is 1. The molecule has 6 nitrogen and oxygen atoms in total. The number of carbonyl (C=O) groups excluding carboxylic acids is 1. The van der Waals surface area contributed by atoms with Crippen LogP contribution in [0.1, 0.15) is 37.8 Å². The highest BCUT2D eigenvalue weighted by Crippen LogP contribution is 2.49. The van der Waals surface area contributed by atoms with Crippen LogP contribution in [0, 0.1) is 18.2 Å². The van der Waals surface area contributed by atoms with E-state index in [9.17, 15) is 13.2 Å². The molecule has 2 fully saturated rings. The highest BCUT2D eigenvalue weighted by atomic mass is 32.2. The maximum absolute atomic E-state index is 15.6. The first-order valence-electron chi connectivity index (χ1n) is 11.3. The number of alkyl halides is 2. The van der Waals surface area contributed by atoms with Crippen LogP contribution < -0.4 is 4.72 Å². The van der Waals surface area contributed by atoms with Gasteiger partial charge in [-0.1, -0.05) is 19.1 Å². The summed E-state index contributed by atoms with van der Waals surface area (Å²) in [5.41, 5.74) is 0.872. The molecule has 2 aliphatic rings. The maximum Gasteiger partial charge on any atom is 0.283 e. The number of nitrogens with one attached hydrogen (secondary N) is 1. The van der Waals surface area contributed by atoms with Crippen LogP contribution in [-0.4, -0.2) is 54.5 Å². The Morgan fingerprint density at radius 3 is 2.59 bits per heavy atom. The molecule has 10 heteroatoms. The average molecular weight is 496 g/mol. The van der Waals surface area contributed by atoms with E-state index in [1.165, 1.54) is 13.0 Å². The van der Waals surface area contributed by atoms with Gasteiger partial charge in [0.1, 0.15) is 11.9 Å². The number of aromatic nitrogens is 1. The topological polar surface area (TPSA) is 79.4 Å². The second kappa shape index (κ2) is 8.64. The minimum atomic E-state index is -4.01. The summed E-state index contributed by atoms with van der Waals surface area (Å²) in [6.45, 7) is 3.99. The lowest BCUT2D eigenvalue weighted by Gasteiger charge is -2.30. The van der Waals surface area contributed by atoms with Gasteiger partial charge in [0.25, 0.3) is 5.92 Å². The number of aryl methyl sites for hydroxylation is 1. The number of pyridine rings is 1. The summed E-state index contributed by atoms with van der Waals surface area (Å²) in [6, 6.07) is 5.02. The molecule has 1 aliphatic heterocycles. The van der Waals surface area contributed by atoms with Gasteiger partial charge in [0.2, 0.25) is 15.9 Å². The van der Waals surface area contributed by atoms with Crippen molar-refractivity contribution in [2.75, 3.05) is 12.3 Å². The number of hydrogen-bond donors (Lipinski definition) is 1. The fourth-order valence-corrected chi connectivity index (χ4v) is 5.27. The third kappa shape index (κ3) is 4.70. The number of amides is 1. The van der Waals surface area contributed by atoms with Gasteiger partial charge in [-0.2, -0.15) is 0 Å². The number of benzene rings is 1. The summed E-state index contributed by atoms with van der Waals surface area (Å²) < 4.78 is 72.4. The van der Waals surface area contributed by atoms with Crippen molar-refractivity contribution >= 4 is 15.9 Å². The normalized spacial score (nSPS) is 23.2. The van der Waals surface area contributed by atoms with Crippen molar-refractivity contribution in [3.8, 4) is 11.3 Å². The average Bonchev–Trinajstić information content (AvgIpc) is 3.48. The first kappa shape index (κ1) is 24.7. The van der Waals surface area contributed by atoms with Crippen LogP contribution in [0.15, 0.2) is 36.5 Å². The summed E-state index contributed by atoms with van der Waals surface area (Å²) in [5.74, 6) is -4.97. The monoisotopic (exact) mass is 495 g/mol. The van der Waals surface area contributed by atoms with Gasteiger partial charge < -0.3 is 4.90 Å². The Bertz CT molecular complexity index is 1210. The lowest BCUT2D eigenvalue weighted by molar-refractivity contribution is -0.138. The fourth-order valence-electron chi connectivity index (χ4n) is 4.39. The van der Waals surface area contributed by atoms with Crippen LogP contribution in [0.25, 0.3) is 11.3 Å². The number of hydrogen-bond acceptors (Lipinski definition) is 4. The van der Waals surface area contributed by atoms with Crippen molar-refractivity contribution in [3.05, 3.63) is 53.5 Å². The number of rotatable bonds is 7. The largest absolute Gasteiger partial charge is 0.331 e. The van der Waals surface area contributed by atoms with Crippen molar-refractivity contribution in [2.24, 2.45) is 5.41 Å². The molecule has 2 heterocycles. The molecule has 0 radical (unpaired) electrons. The van der Waals surface area contributed by atoms with Gasteiger partial charge in [0.15, 0.2) is 0 Å². The highest BCUT2D eigenvalue weighted by molar-refractivity contribution is 7.89. The van der Waals surface area contributed by atoms with Crippen LogP contribution >= 0.6 is 0 Å². The van der Waals surface area contributed by atoms with Crippen LogP contribution in [0.5, 0.6) is 0 Å². The quantitative estimate of drug-likeness (QED) is 0.636. The van der Waals surface area contributed by atoms with Gasteiger partial charge >= 0.3 is 0 Å². The molecule has 34 heavy (non-hydrogen) atoms. The second-order valence-corrected chi connectivity index (χ2v) is 11.6. The highest BCUT2D eigenvalue weighted by Gasteiger charge is 2.60. The van der Waals surface area contributed by atoms with E-state index >= 15 is 13.2 Å². The standard InChI is InChI=1S/C24H28F3N3O3S/c1-4-34(32,33)29-21-19(30(14-24(21,26)27)22(31)23(3)9-10-23)13-16-6-5-7-17(20(16)25)18-12-15(2)8-11-28-18/h5-8,11-12,19,21,29H,4,9-10,13-14H2,1-3H3/t19-,21+/m0/s1. The molecule has 1 aromatic heterocycles. The van der Waals surface area contributed by atoms with E-state index in [2.05, 4.69) is 9.71 Å². The van der Waals surface area contributed by atoms with Crippen molar-refractivity contribution in [1.82, 2.24) is 14.6 Å². The van der Waals surface area contributed by atoms with Crippen LogP contribution in [-0.2, 0) is 21.2 Å². The number of sulfonamides is 1. The summed E-state index contributed by atoms with van der Waals surface area (Å²) in [6.07, 6.45) is 2.45. The van der Waals surface area contributed by atoms with Crippen LogP contribution in [0.4, 0.5) is 13.2 Å². The van der Waals surface area contributed by atoms with Gasteiger partial charge in [-0.3, -0.25) is 9.78 Å². The lowest BCUT2D eigenvalue weighted by atomic mass is 9.95. The van der Waals surface area contributed by atoms with E-state index in [1.807, 2.05) is 6.92 Å². The Hall–Kier alpha value is -2.46. The summed E-state index contributed by atoms with van der Waals surface area (Å²) in [7, 11) is -4.01. The summed E-state index contributed by atoms with van der Waals surface area (Å²) in [5, 5.41) is 0. The van der Waals surface area contributed by atoms with Gasteiger partial charge in [0.05, 0.1) is 24.0 Å². The molecule has 2 aromatic rings. The zero-order valence-electron chi connectivity index (χ0n) is 19.3. The summed E-state index contributed by atoms with van der Waals surface area (Å²) in [4.78, 5) is 18.4. The SMILES string of the molecule is CCS(=O)(=O)N[C@@H]1[C@H](Cc2cccc(-c3cc(C)ccn3)c2F)N(C(=O)C2(C)CC2)CC1(F)F. The van der Waals surface area contributed by atoms with E-state index in [1.54, 1.807) is 37.4 Å². The van der Waals surface area contributed by atoms with Gasteiger partial charge in [0, 0.05) is 17.2 Å². The molecule has 2 atom stereocenters. The van der Waals surface area contributed by atoms with Gasteiger partial charge in [-0.15, -0.1) is 0 Å².